The molecule has 8 nitrogen and oxygen atoms in total. The third kappa shape index (κ3) is 3.27. The fraction of sp³-hybridized carbons (Fsp3) is 0.176. The Morgan fingerprint density at radius 3 is 2.76 bits per heavy atom. The van der Waals surface area contributed by atoms with Gasteiger partial charge in [-0.05, 0) is 18.4 Å². The highest BCUT2D eigenvalue weighted by Crippen LogP contribution is 2.27. The second-order valence-electron chi connectivity index (χ2n) is 5.49. The van der Waals surface area contributed by atoms with Crippen molar-refractivity contribution in [3.05, 3.63) is 58.8 Å². The number of fused-ring (bicyclic) bond motifs is 1. The molecule has 3 rings (SSSR count). The number of nitrogens with zero attached hydrogens (tertiary/aromatic N) is 3. The van der Waals surface area contributed by atoms with Gasteiger partial charge in [0.1, 0.15) is 11.9 Å². The number of benzene rings is 2. The van der Waals surface area contributed by atoms with Gasteiger partial charge < -0.3 is 10.1 Å². The molecule has 0 aliphatic rings. The van der Waals surface area contributed by atoms with E-state index in [0.29, 0.717) is 5.75 Å². The van der Waals surface area contributed by atoms with Crippen molar-refractivity contribution in [2.75, 3.05) is 5.32 Å². The largest absolute Gasteiger partial charge is 0.480 e. The van der Waals surface area contributed by atoms with Crippen LogP contribution in [0.5, 0.6) is 5.75 Å². The van der Waals surface area contributed by atoms with E-state index in [0.717, 1.165) is 17.0 Å². The maximum Gasteiger partial charge on any atom is 0.331 e. The molecule has 0 bridgehead atoms. The van der Waals surface area contributed by atoms with Crippen molar-refractivity contribution in [1.82, 2.24) is 9.78 Å². The second kappa shape index (κ2) is 6.60. The Morgan fingerprint density at radius 2 is 2.00 bits per heavy atom. The van der Waals surface area contributed by atoms with Gasteiger partial charge in [0.2, 0.25) is 5.82 Å². The Morgan fingerprint density at radius 1 is 1.28 bits per heavy atom. The molecule has 25 heavy (non-hydrogen) atoms. The normalized spacial score (nSPS) is 11.9. The van der Waals surface area contributed by atoms with E-state index in [-0.39, 0.29) is 11.5 Å². The predicted octanol–water partition coefficient (Wildman–Crippen LogP) is 2.89. The van der Waals surface area contributed by atoms with Crippen LogP contribution in [0, 0.1) is 10.1 Å². The van der Waals surface area contributed by atoms with Crippen LogP contribution in [0.15, 0.2) is 48.7 Å². The van der Waals surface area contributed by atoms with Gasteiger partial charge >= 0.3 is 5.69 Å². The average Bonchev–Trinajstić information content (AvgIpc) is 2.96. The molecule has 0 saturated heterocycles. The van der Waals surface area contributed by atoms with Crippen LogP contribution in [0.3, 0.4) is 0 Å². The second-order valence-corrected chi connectivity index (χ2v) is 5.49. The van der Waals surface area contributed by atoms with Crippen molar-refractivity contribution >= 4 is 28.2 Å². The Bertz CT molecular complexity index is 945. The Hall–Kier alpha value is -3.42. The molecule has 1 amide bonds. The minimum atomic E-state index is -0.847. The first-order valence-electron chi connectivity index (χ1n) is 7.59. The van der Waals surface area contributed by atoms with E-state index >= 15 is 0 Å². The van der Waals surface area contributed by atoms with Crippen LogP contribution in [0.2, 0.25) is 0 Å². The molecule has 0 aliphatic carbocycles. The van der Waals surface area contributed by atoms with E-state index in [1.54, 1.807) is 13.0 Å². The van der Waals surface area contributed by atoms with Crippen LogP contribution >= 0.6 is 0 Å². The lowest BCUT2D eigenvalue weighted by atomic mass is 10.1. The molecule has 0 fully saturated rings. The highest BCUT2D eigenvalue weighted by Gasteiger charge is 2.24. The van der Waals surface area contributed by atoms with Crippen molar-refractivity contribution in [3.63, 3.8) is 0 Å². The Balaban J connectivity index is 1.79. The average molecular weight is 340 g/mol. The molecule has 0 unspecified atom stereocenters. The summed E-state index contributed by atoms with van der Waals surface area (Å²) in [6.07, 6.45) is 0.242. The number of anilines is 1. The Labute approximate surface area is 143 Å². The zero-order valence-corrected chi connectivity index (χ0v) is 13.7. The third-order valence-electron chi connectivity index (χ3n) is 3.78. The fourth-order valence-electron chi connectivity index (χ4n) is 2.47. The number of hydrogen-bond acceptors (Lipinski definition) is 5. The van der Waals surface area contributed by atoms with Crippen molar-refractivity contribution in [1.29, 1.82) is 0 Å². The fourth-order valence-corrected chi connectivity index (χ4v) is 2.47. The van der Waals surface area contributed by atoms with Gasteiger partial charge in [-0.3, -0.25) is 14.9 Å². The van der Waals surface area contributed by atoms with Crippen molar-refractivity contribution < 1.29 is 14.5 Å². The van der Waals surface area contributed by atoms with E-state index in [1.165, 1.54) is 11.7 Å². The lowest BCUT2D eigenvalue weighted by Crippen LogP contribution is -2.31. The molecule has 0 aliphatic heterocycles. The highest BCUT2D eigenvalue weighted by molar-refractivity contribution is 5.95. The number of hydrogen-bond donors (Lipinski definition) is 1. The Kier molecular flexibility index (Phi) is 4.34. The van der Waals surface area contributed by atoms with E-state index in [4.69, 9.17) is 4.74 Å². The van der Waals surface area contributed by atoms with Crippen molar-refractivity contribution in [2.45, 2.75) is 13.0 Å². The molecule has 1 N–H and O–H groups in total. The van der Waals surface area contributed by atoms with Gasteiger partial charge in [-0.2, -0.15) is 5.10 Å². The van der Waals surface area contributed by atoms with Gasteiger partial charge in [0.15, 0.2) is 6.10 Å². The minimum Gasteiger partial charge on any atom is -0.480 e. The van der Waals surface area contributed by atoms with Gasteiger partial charge in [0, 0.05) is 12.4 Å². The van der Waals surface area contributed by atoms with Crippen molar-refractivity contribution in [2.24, 2.45) is 7.05 Å². The first kappa shape index (κ1) is 16.4. The smallest absolute Gasteiger partial charge is 0.331 e. The van der Waals surface area contributed by atoms with Gasteiger partial charge in [-0.15, -0.1) is 0 Å². The zero-order valence-electron chi connectivity index (χ0n) is 13.7. The summed E-state index contributed by atoms with van der Waals surface area (Å²) in [6, 6.07) is 13.2. The van der Waals surface area contributed by atoms with Gasteiger partial charge in [0.25, 0.3) is 5.91 Å². The summed E-state index contributed by atoms with van der Waals surface area (Å²) in [5.41, 5.74) is -0.270. The molecular weight excluding hydrogens is 324 g/mol. The summed E-state index contributed by atoms with van der Waals surface area (Å²) in [7, 11) is 1.51. The molecule has 0 radical (unpaired) electrons. The summed E-state index contributed by atoms with van der Waals surface area (Å²) < 4.78 is 7.00. The summed E-state index contributed by atoms with van der Waals surface area (Å²) in [6.45, 7) is 1.58. The van der Waals surface area contributed by atoms with Crippen LogP contribution < -0.4 is 10.1 Å². The maximum absolute atomic E-state index is 12.4. The number of ether oxygens (including phenoxy) is 1. The number of nitrogens with one attached hydrogen (secondary N) is 1. The highest BCUT2D eigenvalue weighted by atomic mass is 16.6. The minimum absolute atomic E-state index is 0.0170. The molecule has 8 heteroatoms. The van der Waals surface area contributed by atoms with Crippen LogP contribution in [0.4, 0.5) is 11.5 Å². The summed E-state index contributed by atoms with van der Waals surface area (Å²) in [5.74, 6) is 0.0864. The zero-order chi connectivity index (χ0) is 18.0. The lowest BCUT2D eigenvalue weighted by Gasteiger charge is -2.16. The van der Waals surface area contributed by atoms with Gasteiger partial charge in [-0.25, -0.2) is 4.68 Å². The molecule has 0 saturated carbocycles. The topological polar surface area (TPSA) is 99.3 Å². The molecule has 0 spiro atoms. The van der Waals surface area contributed by atoms with Crippen LogP contribution in [0.1, 0.15) is 6.92 Å². The molecule has 3 aromatic rings. The quantitative estimate of drug-likeness (QED) is 0.569. The summed E-state index contributed by atoms with van der Waals surface area (Å²) in [5, 5.41) is 19.2. The van der Waals surface area contributed by atoms with Crippen molar-refractivity contribution in [3.8, 4) is 5.75 Å². The number of carbonyl (C=O) groups is 1. The molecule has 1 aromatic heterocycles. The van der Waals surface area contributed by atoms with E-state index in [2.05, 4.69) is 10.4 Å². The van der Waals surface area contributed by atoms with Gasteiger partial charge in [-0.1, -0.05) is 36.4 Å². The number of rotatable bonds is 5. The lowest BCUT2D eigenvalue weighted by molar-refractivity contribution is -0.384. The van der Waals surface area contributed by atoms with E-state index < -0.39 is 16.9 Å². The molecule has 1 heterocycles. The third-order valence-corrected chi connectivity index (χ3v) is 3.78. The summed E-state index contributed by atoms with van der Waals surface area (Å²) >= 11 is 0. The summed E-state index contributed by atoms with van der Waals surface area (Å²) in [4.78, 5) is 22.8. The number of aryl methyl sites for hydroxylation is 1. The predicted molar refractivity (Wildman–Crippen MR) is 92.5 cm³/mol. The van der Waals surface area contributed by atoms with Crippen LogP contribution in [0.25, 0.3) is 10.8 Å². The van der Waals surface area contributed by atoms with Crippen LogP contribution in [-0.4, -0.2) is 26.7 Å². The standard InChI is InChI=1S/C17H16N4O4/c1-11(17(22)19-16-14(21(23)24)10-18-20(16)2)25-15-9-5-7-12-6-3-4-8-13(12)15/h3-11H,1-2H3,(H,19,22)/t11-/m1/s1. The monoisotopic (exact) mass is 340 g/mol. The maximum atomic E-state index is 12.4. The number of amides is 1. The molecule has 128 valence electrons. The van der Waals surface area contributed by atoms with Gasteiger partial charge in [0.05, 0.1) is 4.92 Å². The first-order chi connectivity index (χ1) is 12.0. The number of carbonyl (C=O) groups excluding carboxylic acids is 1. The van der Waals surface area contributed by atoms with E-state index in [9.17, 15) is 14.9 Å². The number of nitro groups is 1. The van der Waals surface area contributed by atoms with Crippen LogP contribution in [-0.2, 0) is 11.8 Å². The SMILES string of the molecule is C[C@@H](Oc1cccc2ccccc12)C(=O)Nc1c([N+](=O)[O-])cnn1C. The molecule has 1 atom stereocenters. The number of aromatic nitrogens is 2. The molecular formula is C17H16N4O4. The first-order valence-corrected chi connectivity index (χ1v) is 7.59. The molecule has 2 aromatic carbocycles. The van der Waals surface area contributed by atoms with E-state index in [1.807, 2.05) is 36.4 Å².